The van der Waals surface area contributed by atoms with Gasteiger partial charge < -0.3 is 5.11 Å². The Hall–Kier alpha value is -1.36. The van der Waals surface area contributed by atoms with Crippen LogP contribution in [0.1, 0.15) is 25.8 Å². The number of nitrogens with zero attached hydrogens (tertiary/aromatic N) is 2. The van der Waals surface area contributed by atoms with Gasteiger partial charge in [0, 0.05) is 17.8 Å². The molecule has 0 aliphatic carbocycles. The molecule has 96 valence electrons. The number of aromatic nitrogens is 2. The summed E-state index contributed by atoms with van der Waals surface area (Å²) in [6.07, 6.45) is 0.108. The van der Waals surface area contributed by atoms with Gasteiger partial charge in [-0.2, -0.15) is 5.10 Å². The summed E-state index contributed by atoms with van der Waals surface area (Å²) < 4.78 is 2.58. The zero-order valence-electron chi connectivity index (χ0n) is 10.6. The Kier molecular flexibility index (Phi) is 3.19. The van der Waals surface area contributed by atoms with E-state index in [1.807, 2.05) is 39.1 Å². The molecule has 0 unspecified atom stereocenters. The minimum atomic E-state index is -0.787. The summed E-state index contributed by atoms with van der Waals surface area (Å²) in [6.45, 7) is 3.87. The summed E-state index contributed by atoms with van der Waals surface area (Å²) in [5.74, 6) is -0.787. The molecular weight excluding hydrogens is 296 g/mol. The molecule has 1 N–H and O–H groups in total. The van der Waals surface area contributed by atoms with Crippen molar-refractivity contribution in [1.29, 1.82) is 0 Å². The fourth-order valence-corrected chi connectivity index (χ4v) is 2.68. The van der Waals surface area contributed by atoms with Crippen LogP contribution in [-0.2, 0) is 17.3 Å². The van der Waals surface area contributed by atoms with Gasteiger partial charge in [0.1, 0.15) is 4.60 Å². The van der Waals surface area contributed by atoms with Crippen molar-refractivity contribution in [3.8, 4) is 0 Å². The van der Waals surface area contributed by atoms with Crippen LogP contribution in [0.3, 0.4) is 0 Å². The number of fused-ring (bicyclic) bond motifs is 1. The highest BCUT2D eigenvalue weighted by Crippen LogP contribution is 2.31. The van der Waals surface area contributed by atoms with E-state index in [1.54, 1.807) is 4.68 Å². The maximum atomic E-state index is 10.9. The molecule has 0 atom stereocenters. The first-order valence-electron chi connectivity index (χ1n) is 5.66. The zero-order chi connectivity index (χ0) is 13.5. The molecule has 0 radical (unpaired) electrons. The zero-order valence-corrected chi connectivity index (χ0v) is 12.2. The first-order valence-corrected chi connectivity index (χ1v) is 6.45. The lowest BCUT2D eigenvalue weighted by Crippen LogP contribution is -2.21. The van der Waals surface area contributed by atoms with Crippen molar-refractivity contribution < 1.29 is 9.90 Å². The van der Waals surface area contributed by atoms with E-state index in [0.717, 1.165) is 21.1 Å². The lowest BCUT2D eigenvalue weighted by molar-refractivity contribution is -0.138. The van der Waals surface area contributed by atoms with Gasteiger partial charge in [0.05, 0.1) is 11.9 Å². The molecule has 0 aliphatic rings. The molecule has 18 heavy (non-hydrogen) atoms. The van der Waals surface area contributed by atoms with E-state index in [4.69, 9.17) is 5.11 Å². The van der Waals surface area contributed by atoms with Crippen LogP contribution in [0, 0.1) is 0 Å². The predicted molar refractivity (Wildman–Crippen MR) is 73.7 cm³/mol. The summed E-state index contributed by atoms with van der Waals surface area (Å²) in [5.41, 5.74) is 1.64. The Balaban J connectivity index is 2.53. The third-order valence-electron chi connectivity index (χ3n) is 3.18. The maximum Gasteiger partial charge on any atom is 0.304 e. The Bertz CT molecular complexity index is 617. The van der Waals surface area contributed by atoms with Crippen LogP contribution < -0.4 is 0 Å². The average Bonchev–Trinajstić information content (AvgIpc) is 2.53. The SMILES string of the molecule is Cn1nc(Br)c2cc(C(C)(C)CC(=O)O)ccc21. The van der Waals surface area contributed by atoms with Crippen molar-refractivity contribution in [1.82, 2.24) is 9.78 Å². The number of rotatable bonds is 3. The lowest BCUT2D eigenvalue weighted by Gasteiger charge is -2.23. The number of carbonyl (C=O) groups is 1. The molecule has 0 spiro atoms. The molecule has 0 aliphatic heterocycles. The van der Waals surface area contributed by atoms with E-state index >= 15 is 0 Å². The van der Waals surface area contributed by atoms with Crippen LogP contribution in [0.25, 0.3) is 10.9 Å². The summed E-state index contributed by atoms with van der Waals surface area (Å²) in [4.78, 5) is 10.9. The van der Waals surface area contributed by atoms with Crippen molar-refractivity contribution in [3.63, 3.8) is 0 Å². The van der Waals surface area contributed by atoms with E-state index in [0.29, 0.717) is 0 Å². The average molecular weight is 311 g/mol. The first kappa shape index (κ1) is 13.1. The van der Waals surface area contributed by atoms with E-state index in [2.05, 4.69) is 21.0 Å². The number of carboxylic acid groups (broad SMARTS) is 1. The largest absolute Gasteiger partial charge is 0.481 e. The summed E-state index contributed by atoms with van der Waals surface area (Å²) in [5, 5.41) is 14.3. The number of halogens is 1. The van der Waals surface area contributed by atoms with Gasteiger partial charge in [-0.3, -0.25) is 9.48 Å². The molecule has 1 aromatic heterocycles. The van der Waals surface area contributed by atoms with Gasteiger partial charge >= 0.3 is 5.97 Å². The molecule has 0 saturated heterocycles. The van der Waals surface area contributed by atoms with Crippen molar-refractivity contribution in [3.05, 3.63) is 28.4 Å². The molecule has 1 heterocycles. The van der Waals surface area contributed by atoms with E-state index in [9.17, 15) is 4.79 Å². The molecular formula is C13H15BrN2O2. The van der Waals surface area contributed by atoms with Crippen LogP contribution in [-0.4, -0.2) is 20.9 Å². The normalized spacial score (nSPS) is 12.0. The Morgan fingerprint density at radius 3 is 2.78 bits per heavy atom. The fourth-order valence-electron chi connectivity index (χ4n) is 2.12. The first-order chi connectivity index (χ1) is 8.31. The van der Waals surface area contributed by atoms with Gasteiger partial charge in [0.25, 0.3) is 0 Å². The van der Waals surface area contributed by atoms with Crippen LogP contribution in [0.5, 0.6) is 0 Å². The highest BCUT2D eigenvalue weighted by atomic mass is 79.9. The fraction of sp³-hybridized carbons (Fsp3) is 0.385. The number of hydrogen-bond acceptors (Lipinski definition) is 2. The van der Waals surface area contributed by atoms with Crippen molar-refractivity contribution in [2.75, 3.05) is 0 Å². The van der Waals surface area contributed by atoms with Gasteiger partial charge in [-0.15, -0.1) is 0 Å². The van der Waals surface area contributed by atoms with Crippen LogP contribution in [0.2, 0.25) is 0 Å². The van der Waals surface area contributed by atoms with E-state index in [1.165, 1.54) is 0 Å². The number of hydrogen-bond donors (Lipinski definition) is 1. The van der Waals surface area contributed by atoms with Gasteiger partial charge in [-0.25, -0.2) is 0 Å². The molecule has 1 aromatic carbocycles. The maximum absolute atomic E-state index is 10.9. The van der Waals surface area contributed by atoms with Gasteiger partial charge in [0.2, 0.25) is 0 Å². The van der Waals surface area contributed by atoms with Crippen LogP contribution >= 0.6 is 15.9 Å². The molecule has 0 amide bonds. The monoisotopic (exact) mass is 310 g/mol. The van der Waals surface area contributed by atoms with E-state index in [-0.39, 0.29) is 6.42 Å². The van der Waals surface area contributed by atoms with Gasteiger partial charge in [-0.1, -0.05) is 19.9 Å². The summed E-state index contributed by atoms with van der Waals surface area (Å²) in [7, 11) is 1.88. The van der Waals surface area contributed by atoms with Gasteiger partial charge in [0.15, 0.2) is 0 Å². The Morgan fingerprint density at radius 1 is 1.50 bits per heavy atom. The lowest BCUT2D eigenvalue weighted by atomic mass is 9.81. The number of carboxylic acids is 1. The molecule has 4 nitrogen and oxygen atoms in total. The Labute approximate surface area is 114 Å². The van der Waals surface area contributed by atoms with E-state index < -0.39 is 11.4 Å². The third kappa shape index (κ3) is 2.27. The predicted octanol–water partition coefficient (Wildman–Crippen LogP) is 3.09. The number of benzene rings is 1. The molecule has 2 aromatic rings. The van der Waals surface area contributed by atoms with Crippen LogP contribution in [0.4, 0.5) is 0 Å². The molecule has 0 fully saturated rings. The molecule has 2 rings (SSSR count). The highest BCUT2D eigenvalue weighted by Gasteiger charge is 2.25. The van der Waals surface area contributed by atoms with Crippen molar-refractivity contribution in [2.45, 2.75) is 25.7 Å². The van der Waals surface area contributed by atoms with Gasteiger partial charge in [-0.05, 0) is 33.6 Å². The second kappa shape index (κ2) is 4.39. The number of aryl methyl sites for hydroxylation is 1. The standard InChI is InChI=1S/C13H15BrN2O2/c1-13(2,7-11(17)18)8-4-5-10-9(6-8)12(14)15-16(10)3/h4-6H,7H2,1-3H3,(H,17,18). The van der Waals surface area contributed by atoms with Crippen molar-refractivity contribution in [2.24, 2.45) is 7.05 Å². The second-order valence-corrected chi connectivity index (χ2v) is 5.85. The van der Waals surface area contributed by atoms with Crippen LogP contribution in [0.15, 0.2) is 22.8 Å². The molecule has 0 saturated carbocycles. The Morgan fingerprint density at radius 2 is 2.17 bits per heavy atom. The smallest absolute Gasteiger partial charge is 0.304 e. The highest BCUT2D eigenvalue weighted by molar-refractivity contribution is 9.10. The quantitative estimate of drug-likeness (QED) is 0.947. The molecule has 5 heteroatoms. The minimum Gasteiger partial charge on any atom is -0.481 e. The second-order valence-electron chi connectivity index (χ2n) is 5.10. The third-order valence-corrected chi connectivity index (χ3v) is 3.77. The summed E-state index contributed by atoms with van der Waals surface area (Å²) in [6, 6.07) is 5.96. The number of aliphatic carboxylic acids is 1. The topological polar surface area (TPSA) is 55.1 Å². The van der Waals surface area contributed by atoms with Crippen molar-refractivity contribution >= 4 is 32.8 Å². The molecule has 0 bridgehead atoms. The summed E-state index contributed by atoms with van der Waals surface area (Å²) >= 11 is 3.42. The minimum absolute atomic E-state index is 0.108.